The van der Waals surface area contributed by atoms with Crippen LogP contribution >= 0.6 is 23.8 Å². The normalized spacial score (nSPS) is 15.7. The Morgan fingerprint density at radius 2 is 1.78 bits per heavy atom. The van der Waals surface area contributed by atoms with E-state index in [1.807, 2.05) is 0 Å². The fourth-order valence-electron chi connectivity index (χ4n) is 2.66. The van der Waals surface area contributed by atoms with Crippen LogP contribution in [0, 0.1) is 0 Å². The fourth-order valence-corrected chi connectivity index (χ4v) is 3.07. The Bertz CT molecular complexity index is 957. The molecular weight excluding hydrogens is 388 g/mol. The second kappa shape index (κ2) is 7.77. The van der Waals surface area contributed by atoms with Gasteiger partial charge in [0.15, 0.2) is 16.6 Å². The summed E-state index contributed by atoms with van der Waals surface area (Å²) in [7, 11) is 2.99. The van der Waals surface area contributed by atoms with Gasteiger partial charge in [-0.2, -0.15) is 0 Å². The third-order valence-corrected chi connectivity index (χ3v) is 4.46. The molecule has 1 fully saturated rings. The molecule has 0 unspecified atom stereocenters. The number of anilines is 1. The molecule has 1 aliphatic heterocycles. The third-order valence-electron chi connectivity index (χ3n) is 3.92. The van der Waals surface area contributed by atoms with Gasteiger partial charge < -0.3 is 9.47 Å². The smallest absolute Gasteiger partial charge is 0.270 e. The van der Waals surface area contributed by atoms with Crippen molar-refractivity contribution in [1.29, 1.82) is 0 Å². The molecule has 8 heteroatoms. The van der Waals surface area contributed by atoms with Crippen molar-refractivity contribution in [3.63, 3.8) is 0 Å². The number of para-hydroxylation sites is 1. The molecule has 0 aromatic heterocycles. The molecule has 2 aromatic rings. The molecule has 3 rings (SSSR count). The maximum atomic E-state index is 13.0. The zero-order chi connectivity index (χ0) is 19.6. The zero-order valence-electron chi connectivity index (χ0n) is 14.5. The molecule has 0 radical (unpaired) electrons. The van der Waals surface area contributed by atoms with E-state index in [2.05, 4.69) is 5.32 Å². The molecule has 1 N–H and O–H groups in total. The summed E-state index contributed by atoms with van der Waals surface area (Å²) in [4.78, 5) is 26.6. The van der Waals surface area contributed by atoms with Crippen molar-refractivity contribution in [2.45, 2.75) is 0 Å². The number of hydrogen-bond acceptors (Lipinski definition) is 5. The van der Waals surface area contributed by atoms with E-state index in [0.717, 1.165) is 0 Å². The molecular formula is C19H15ClN2O4S. The van der Waals surface area contributed by atoms with Crippen molar-refractivity contribution >= 4 is 52.5 Å². The zero-order valence-corrected chi connectivity index (χ0v) is 16.1. The highest BCUT2D eigenvalue weighted by Gasteiger charge is 2.34. The highest BCUT2D eigenvalue weighted by Crippen LogP contribution is 2.33. The van der Waals surface area contributed by atoms with E-state index in [-0.39, 0.29) is 10.7 Å². The van der Waals surface area contributed by atoms with Gasteiger partial charge in [0, 0.05) is 10.6 Å². The SMILES string of the molecule is COc1cccc(C=C2C(=O)NC(=S)N(c3ccc(Cl)cc3)C2=O)c1OC. The lowest BCUT2D eigenvalue weighted by Crippen LogP contribution is -2.54. The predicted molar refractivity (Wildman–Crippen MR) is 107 cm³/mol. The minimum atomic E-state index is -0.583. The van der Waals surface area contributed by atoms with Crippen LogP contribution in [0.25, 0.3) is 6.08 Å². The molecule has 1 heterocycles. The van der Waals surface area contributed by atoms with Gasteiger partial charge in [0.05, 0.1) is 19.9 Å². The maximum absolute atomic E-state index is 13.0. The van der Waals surface area contributed by atoms with Gasteiger partial charge in [-0.1, -0.05) is 23.7 Å². The Hall–Kier alpha value is -2.90. The van der Waals surface area contributed by atoms with Crippen molar-refractivity contribution in [3.8, 4) is 11.5 Å². The van der Waals surface area contributed by atoms with Gasteiger partial charge in [-0.25, -0.2) is 0 Å². The number of rotatable bonds is 4. The Labute approximate surface area is 166 Å². The molecule has 2 aromatic carbocycles. The van der Waals surface area contributed by atoms with Crippen LogP contribution in [0.1, 0.15) is 5.56 Å². The Balaban J connectivity index is 2.06. The Kier molecular flexibility index (Phi) is 5.43. The molecule has 0 atom stereocenters. The van der Waals surface area contributed by atoms with E-state index < -0.39 is 11.8 Å². The van der Waals surface area contributed by atoms with Gasteiger partial charge >= 0.3 is 0 Å². The summed E-state index contributed by atoms with van der Waals surface area (Å²) in [5.41, 5.74) is 0.947. The minimum absolute atomic E-state index is 0.00193. The predicted octanol–water partition coefficient (Wildman–Crippen LogP) is 3.19. The van der Waals surface area contributed by atoms with E-state index >= 15 is 0 Å². The number of ether oxygens (including phenoxy) is 2. The van der Waals surface area contributed by atoms with E-state index in [1.165, 1.54) is 25.2 Å². The summed E-state index contributed by atoms with van der Waals surface area (Å²) in [5.74, 6) is -0.226. The van der Waals surface area contributed by atoms with Crippen molar-refractivity contribution in [1.82, 2.24) is 5.32 Å². The monoisotopic (exact) mass is 402 g/mol. The van der Waals surface area contributed by atoms with Gasteiger partial charge in [-0.15, -0.1) is 0 Å². The van der Waals surface area contributed by atoms with Crippen LogP contribution in [0.2, 0.25) is 5.02 Å². The first kappa shape index (κ1) is 18.9. The van der Waals surface area contributed by atoms with Gasteiger partial charge in [-0.3, -0.25) is 19.8 Å². The van der Waals surface area contributed by atoms with E-state index in [1.54, 1.807) is 42.5 Å². The standard InChI is InChI=1S/C19H15ClN2O4S/c1-25-15-5-3-4-11(16(15)26-2)10-14-17(23)21-19(27)22(18(14)24)13-8-6-12(20)7-9-13/h3-10H,1-2H3,(H,21,23,27). The minimum Gasteiger partial charge on any atom is -0.493 e. The molecule has 138 valence electrons. The number of hydrogen-bond donors (Lipinski definition) is 1. The number of thiocarbonyl (C=S) groups is 1. The molecule has 0 aliphatic carbocycles. The average molecular weight is 403 g/mol. The fraction of sp³-hybridized carbons (Fsp3) is 0.105. The van der Waals surface area contributed by atoms with Gasteiger partial charge in [0.1, 0.15) is 5.57 Å². The second-order valence-electron chi connectivity index (χ2n) is 5.52. The van der Waals surface area contributed by atoms with Gasteiger partial charge in [0.25, 0.3) is 11.8 Å². The summed E-state index contributed by atoms with van der Waals surface area (Å²) in [5, 5.41) is 3.06. The number of amides is 2. The van der Waals surface area contributed by atoms with Crippen LogP contribution in [0.15, 0.2) is 48.0 Å². The number of carbonyl (C=O) groups is 2. The number of nitrogens with one attached hydrogen (secondary N) is 1. The van der Waals surface area contributed by atoms with E-state index in [4.69, 9.17) is 33.3 Å². The first-order valence-corrected chi connectivity index (χ1v) is 8.63. The molecule has 0 saturated carbocycles. The Morgan fingerprint density at radius 1 is 1.07 bits per heavy atom. The number of halogens is 1. The summed E-state index contributed by atoms with van der Waals surface area (Å²) in [6.45, 7) is 0. The molecule has 27 heavy (non-hydrogen) atoms. The summed E-state index contributed by atoms with van der Waals surface area (Å²) >= 11 is 11.1. The molecule has 1 aliphatic rings. The molecule has 1 saturated heterocycles. The summed E-state index contributed by atoms with van der Waals surface area (Å²) in [6, 6.07) is 11.7. The first-order valence-electron chi connectivity index (χ1n) is 7.84. The van der Waals surface area contributed by atoms with Crippen LogP contribution in [0.3, 0.4) is 0 Å². The Morgan fingerprint density at radius 3 is 2.41 bits per heavy atom. The lowest BCUT2D eigenvalue weighted by Gasteiger charge is -2.29. The average Bonchev–Trinajstić information content (AvgIpc) is 2.66. The van der Waals surface area contributed by atoms with Crippen molar-refractivity contribution < 1.29 is 19.1 Å². The number of nitrogens with zero attached hydrogens (tertiary/aromatic N) is 1. The molecule has 6 nitrogen and oxygen atoms in total. The largest absolute Gasteiger partial charge is 0.493 e. The second-order valence-corrected chi connectivity index (χ2v) is 6.34. The quantitative estimate of drug-likeness (QED) is 0.483. The highest BCUT2D eigenvalue weighted by molar-refractivity contribution is 7.80. The number of benzene rings is 2. The van der Waals surface area contributed by atoms with Crippen LogP contribution in [0.5, 0.6) is 11.5 Å². The number of methoxy groups -OCH3 is 2. The van der Waals surface area contributed by atoms with E-state index in [9.17, 15) is 9.59 Å². The summed E-state index contributed by atoms with van der Waals surface area (Å²) < 4.78 is 10.6. The van der Waals surface area contributed by atoms with Gasteiger partial charge in [0.2, 0.25) is 0 Å². The lowest BCUT2D eigenvalue weighted by atomic mass is 10.1. The topological polar surface area (TPSA) is 67.9 Å². The molecule has 0 bridgehead atoms. The first-order chi connectivity index (χ1) is 13.0. The van der Waals surface area contributed by atoms with Crippen LogP contribution in [-0.4, -0.2) is 31.1 Å². The van der Waals surface area contributed by atoms with Crippen LogP contribution in [0.4, 0.5) is 5.69 Å². The van der Waals surface area contributed by atoms with Crippen molar-refractivity contribution in [2.75, 3.05) is 19.1 Å². The molecule has 2 amide bonds. The van der Waals surface area contributed by atoms with Gasteiger partial charge in [-0.05, 0) is 48.6 Å². The van der Waals surface area contributed by atoms with E-state index in [0.29, 0.717) is 27.8 Å². The highest BCUT2D eigenvalue weighted by atomic mass is 35.5. The third kappa shape index (κ3) is 3.65. The van der Waals surface area contributed by atoms with Crippen LogP contribution < -0.4 is 19.7 Å². The lowest BCUT2D eigenvalue weighted by molar-refractivity contribution is -0.122. The molecule has 0 spiro atoms. The number of carbonyl (C=O) groups excluding carboxylic acids is 2. The summed E-state index contributed by atoms with van der Waals surface area (Å²) in [6.07, 6.45) is 1.45. The van der Waals surface area contributed by atoms with Crippen molar-refractivity contribution in [2.24, 2.45) is 0 Å². The van der Waals surface area contributed by atoms with Crippen LogP contribution in [-0.2, 0) is 9.59 Å². The van der Waals surface area contributed by atoms with Crippen molar-refractivity contribution in [3.05, 3.63) is 58.6 Å². The maximum Gasteiger partial charge on any atom is 0.270 e.